The second kappa shape index (κ2) is 6.40. The molecule has 1 aliphatic rings. The number of rotatable bonds is 3. The van der Waals surface area contributed by atoms with E-state index in [-0.39, 0.29) is 0 Å². The van der Waals surface area contributed by atoms with Crippen molar-refractivity contribution >= 4 is 33.2 Å². The summed E-state index contributed by atoms with van der Waals surface area (Å²) < 4.78 is 1.18. The summed E-state index contributed by atoms with van der Waals surface area (Å²) in [5.74, 6) is 0.723. The number of hydrogen-bond donors (Lipinski definition) is 1. The number of thiophene rings is 1. The molecule has 94 valence electrons. The minimum Gasteiger partial charge on any atom is -0.370 e. The lowest BCUT2D eigenvalue weighted by Gasteiger charge is -2.27. The molecule has 0 amide bonds. The highest BCUT2D eigenvalue weighted by Crippen LogP contribution is 2.22. The Morgan fingerprint density at radius 3 is 2.76 bits per heavy atom. The van der Waals surface area contributed by atoms with Gasteiger partial charge in [0.1, 0.15) is 0 Å². The van der Waals surface area contributed by atoms with Crippen LogP contribution in [0.15, 0.2) is 20.9 Å². The molecule has 2 N–H and O–H groups in total. The smallest absolute Gasteiger partial charge is 0.191 e. The molecule has 1 aromatic heterocycles. The van der Waals surface area contributed by atoms with Crippen molar-refractivity contribution in [1.82, 2.24) is 4.90 Å². The van der Waals surface area contributed by atoms with E-state index in [0.29, 0.717) is 0 Å². The molecule has 0 saturated carbocycles. The van der Waals surface area contributed by atoms with E-state index in [2.05, 4.69) is 38.0 Å². The molecule has 0 atom stereocenters. The molecule has 0 unspecified atom stereocenters. The normalized spacial score (nSPS) is 17.5. The third-order valence-electron chi connectivity index (χ3n) is 2.94. The van der Waals surface area contributed by atoms with Gasteiger partial charge in [-0.2, -0.15) is 0 Å². The highest BCUT2D eigenvalue weighted by atomic mass is 79.9. The zero-order valence-corrected chi connectivity index (χ0v) is 12.3. The highest BCUT2D eigenvalue weighted by molar-refractivity contribution is 9.11. The predicted octanol–water partition coefficient (Wildman–Crippen LogP) is 2.85. The summed E-state index contributed by atoms with van der Waals surface area (Å²) in [6.07, 6.45) is 4.79. The summed E-state index contributed by atoms with van der Waals surface area (Å²) in [5, 5.41) is 0. The standard InChI is InChI=1S/C12H18BrN3S/c13-11-5-4-10(17-11)6-7-15-12(14)16-8-2-1-3-9-16/h4-5H,1-3,6-9H2,(H2,14,15). The van der Waals surface area contributed by atoms with E-state index in [0.717, 1.165) is 32.0 Å². The van der Waals surface area contributed by atoms with Gasteiger partial charge >= 0.3 is 0 Å². The molecule has 2 rings (SSSR count). The van der Waals surface area contributed by atoms with Gasteiger partial charge in [0.15, 0.2) is 5.96 Å². The van der Waals surface area contributed by atoms with Crippen LogP contribution < -0.4 is 5.73 Å². The van der Waals surface area contributed by atoms with E-state index in [1.807, 2.05) is 0 Å². The van der Waals surface area contributed by atoms with Crippen molar-refractivity contribution in [3.05, 3.63) is 20.8 Å². The van der Waals surface area contributed by atoms with E-state index in [4.69, 9.17) is 5.73 Å². The third-order valence-corrected chi connectivity index (χ3v) is 4.62. The van der Waals surface area contributed by atoms with Crippen LogP contribution in [0, 0.1) is 0 Å². The second-order valence-corrected chi connectivity index (χ2v) is 6.79. The first-order valence-electron chi connectivity index (χ1n) is 6.05. The van der Waals surface area contributed by atoms with Gasteiger partial charge in [0, 0.05) is 30.9 Å². The van der Waals surface area contributed by atoms with Crippen LogP contribution in [0.5, 0.6) is 0 Å². The zero-order valence-electron chi connectivity index (χ0n) is 9.86. The number of halogens is 1. The summed E-state index contributed by atoms with van der Waals surface area (Å²) >= 11 is 5.23. The van der Waals surface area contributed by atoms with Gasteiger partial charge in [-0.3, -0.25) is 4.99 Å². The topological polar surface area (TPSA) is 41.6 Å². The van der Waals surface area contributed by atoms with Crippen LogP contribution in [0.4, 0.5) is 0 Å². The molecule has 2 heterocycles. The minimum atomic E-state index is 0.723. The van der Waals surface area contributed by atoms with Crippen LogP contribution >= 0.6 is 27.3 Å². The van der Waals surface area contributed by atoms with E-state index in [1.54, 1.807) is 11.3 Å². The van der Waals surface area contributed by atoms with Crippen LogP contribution in [0.3, 0.4) is 0 Å². The Bertz CT molecular complexity index is 383. The van der Waals surface area contributed by atoms with Gasteiger partial charge in [0.25, 0.3) is 0 Å². The van der Waals surface area contributed by atoms with Crippen molar-refractivity contribution < 1.29 is 0 Å². The predicted molar refractivity (Wildman–Crippen MR) is 77.6 cm³/mol. The maximum absolute atomic E-state index is 5.99. The fourth-order valence-electron chi connectivity index (χ4n) is 1.99. The quantitative estimate of drug-likeness (QED) is 0.688. The molecule has 1 aromatic rings. The fraction of sp³-hybridized carbons (Fsp3) is 0.583. The van der Waals surface area contributed by atoms with Crippen LogP contribution in [-0.4, -0.2) is 30.5 Å². The largest absolute Gasteiger partial charge is 0.370 e. The molecule has 0 spiro atoms. The number of aliphatic imine (C=N–C) groups is 1. The van der Waals surface area contributed by atoms with Crippen molar-refractivity contribution in [3.8, 4) is 0 Å². The summed E-state index contributed by atoms with van der Waals surface area (Å²) in [4.78, 5) is 8.02. The van der Waals surface area contributed by atoms with E-state index in [9.17, 15) is 0 Å². The first-order chi connectivity index (χ1) is 8.25. The van der Waals surface area contributed by atoms with Crippen LogP contribution in [-0.2, 0) is 6.42 Å². The van der Waals surface area contributed by atoms with Crippen molar-refractivity contribution in [1.29, 1.82) is 0 Å². The average molecular weight is 316 g/mol. The summed E-state index contributed by atoms with van der Waals surface area (Å²) in [6.45, 7) is 2.93. The van der Waals surface area contributed by atoms with Gasteiger partial charge in [-0.15, -0.1) is 11.3 Å². The lowest BCUT2D eigenvalue weighted by Crippen LogP contribution is -2.41. The maximum atomic E-state index is 5.99. The number of likely N-dealkylation sites (tertiary alicyclic amines) is 1. The Labute approximate surface area is 115 Å². The molecule has 0 radical (unpaired) electrons. The first kappa shape index (κ1) is 12.9. The second-order valence-electron chi connectivity index (χ2n) is 4.24. The molecule has 1 fully saturated rings. The van der Waals surface area contributed by atoms with Crippen LogP contribution in [0.2, 0.25) is 0 Å². The Morgan fingerprint density at radius 1 is 1.35 bits per heavy atom. The molecular weight excluding hydrogens is 298 g/mol. The Balaban J connectivity index is 1.79. The van der Waals surface area contributed by atoms with Crippen molar-refractivity contribution in [2.75, 3.05) is 19.6 Å². The van der Waals surface area contributed by atoms with Gasteiger partial charge in [0.05, 0.1) is 3.79 Å². The van der Waals surface area contributed by atoms with Crippen molar-refractivity contribution in [3.63, 3.8) is 0 Å². The Hall–Kier alpha value is -0.550. The molecular formula is C12H18BrN3S. The van der Waals surface area contributed by atoms with E-state index in [1.165, 1.54) is 27.9 Å². The average Bonchev–Trinajstić information content (AvgIpc) is 2.76. The number of nitrogens with zero attached hydrogens (tertiary/aromatic N) is 2. The van der Waals surface area contributed by atoms with Crippen molar-refractivity contribution in [2.24, 2.45) is 10.7 Å². The molecule has 5 heteroatoms. The third kappa shape index (κ3) is 4.00. The SMILES string of the molecule is NC(=NCCc1ccc(Br)s1)N1CCCCC1. The van der Waals surface area contributed by atoms with Gasteiger partial charge in [-0.05, 0) is 47.3 Å². The highest BCUT2D eigenvalue weighted by Gasteiger charge is 2.11. The number of guanidine groups is 1. The zero-order chi connectivity index (χ0) is 12.1. The molecule has 17 heavy (non-hydrogen) atoms. The Kier molecular flexibility index (Phi) is 4.86. The summed E-state index contributed by atoms with van der Waals surface area (Å²) in [5.41, 5.74) is 5.99. The maximum Gasteiger partial charge on any atom is 0.191 e. The van der Waals surface area contributed by atoms with Gasteiger partial charge < -0.3 is 10.6 Å². The summed E-state index contributed by atoms with van der Waals surface area (Å²) in [7, 11) is 0. The molecule has 1 aliphatic heterocycles. The number of piperidine rings is 1. The fourth-order valence-corrected chi connectivity index (χ4v) is 3.46. The number of nitrogens with two attached hydrogens (primary N) is 1. The lowest BCUT2D eigenvalue weighted by molar-refractivity contribution is 0.338. The lowest BCUT2D eigenvalue weighted by atomic mass is 10.1. The monoisotopic (exact) mass is 315 g/mol. The Morgan fingerprint density at radius 2 is 2.12 bits per heavy atom. The van der Waals surface area contributed by atoms with Crippen molar-refractivity contribution in [2.45, 2.75) is 25.7 Å². The van der Waals surface area contributed by atoms with E-state index >= 15 is 0 Å². The summed E-state index contributed by atoms with van der Waals surface area (Å²) in [6, 6.07) is 4.22. The number of hydrogen-bond acceptors (Lipinski definition) is 2. The van der Waals surface area contributed by atoms with Gasteiger partial charge in [0.2, 0.25) is 0 Å². The molecule has 1 saturated heterocycles. The van der Waals surface area contributed by atoms with Gasteiger partial charge in [-0.25, -0.2) is 0 Å². The molecule has 3 nitrogen and oxygen atoms in total. The molecule has 0 bridgehead atoms. The van der Waals surface area contributed by atoms with Crippen LogP contribution in [0.25, 0.3) is 0 Å². The molecule has 0 aliphatic carbocycles. The molecule has 0 aromatic carbocycles. The van der Waals surface area contributed by atoms with Gasteiger partial charge in [-0.1, -0.05) is 0 Å². The van der Waals surface area contributed by atoms with E-state index < -0.39 is 0 Å². The van der Waals surface area contributed by atoms with Crippen LogP contribution in [0.1, 0.15) is 24.1 Å². The minimum absolute atomic E-state index is 0.723. The first-order valence-corrected chi connectivity index (χ1v) is 7.66.